The van der Waals surface area contributed by atoms with Crippen molar-refractivity contribution in [1.82, 2.24) is 4.90 Å². The van der Waals surface area contributed by atoms with Gasteiger partial charge in [-0.1, -0.05) is 6.07 Å². The van der Waals surface area contributed by atoms with Gasteiger partial charge in [-0.05, 0) is 87.9 Å². The van der Waals surface area contributed by atoms with Crippen molar-refractivity contribution >= 4 is 43.2 Å². The zero-order chi connectivity index (χ0) is 20.9. The number of hydrogen-bond donors (Lipinski definition) is 2. The first kappa shape index (κ1) is 21.8. The molecule has 2 aromatic carbocycles. The summed E-state index contributed by atoms with van der Waals surface area (Å²) in [6, 6.07) is 10.4. The summed E-state index contributed by atoms with van der Waals surface area (Å²) in [7, 11) is 0. The molecule has 2 aromatic rings. The molecule has 7 heteroatoms. The fourth-order valence-electron chi connectivity index (χ4n) is 4.11. The molecule has 0 bridgehead atoms. The SMILES string of the molecule is Oc1cc(Br)c(NCCCCN2CCN(c3ccc4c(c3)OCCC4)CC2)cc1Br. The number of aromatic hydroxyl groups is 1. The van der Waals surface area contributed by atoms with E-state index in [0.717, 1.165) is 81.0 Å². The van der Waals surface area contributed by atoms with Gasteiger partial charge in [0.05, 0.1) is 11.1 Å². The monoisotopic (exact) mass is 537 g/mol. The highest BCUT2D eigenvalue weighted by Gasteiger charge is 2.19. The van der Waals surface area contributed by atoms with Gasteiger partial charge in [0.25, 0.3) is 0 Å². The van der Waals surface area contributed by atoms with Gasteiger partial charge >= 0.3 is 0 Å². The molecule has 0 aromatic heterocycles. The molecule has 2 aliphatic rings. The van der Waals surface area contributed by atoms with Gasteiger partial charge < -0.3 is 20.1 Å². The maximum atomic E-state index is 9.70. The van der Waals surface area contributed by atoms with Crippen LogP contribution in [0.4, 0.5) is 11.4 Å². The Morgan fingerprint density at radius 1 is 1.00 bits per heavy atom. The van der Waals surface area contributed by atoms with E-state index in [0.29, 0.717) is 4.47 Å². The van der Waals surface area contributed by atoms with E-state index in [1.807, 2.05) is 6.07 Å². The van der Waals surface area contributed by atoms with Crippen molar-refractivity contribution in [2.75, 3.05) is 56.1 Å². The molecular formula is C23H29Br2N3O2. The molecule has 0 amide bonds. The van der Waals surface area contributed by atoms with Crippen LogP contribution in [0.15, 0.2) is 39.3 Å². The third kappa shape index (κ3) is 5.42. The van der Waals surface area contributed by atoms with E-state index in [4.69, 9.17) is 4.74 Å². The largest absolute Gasteiger partial charge is 0.507 e. The van der Waals surface area contributed by atoms with Crippen molar-refractivity contribution < 1.29 is 9.84 Å². The highest BCUT2D eigenvalue weighted by atomic mass is 79.9. The number of ether oxygens (including phenoxy) is 1. The van der Waals surface area contributed by atoms with E-state index in [9.17, 15) is 5.11 Å². The summed E-state index contributed by atoms with van der Waals surface area (Å²) < 4.78 is 7.43. The first-order valence-electron chi connectivity index (χ1n) is 10.7. The number of nitrogens with zero attached hydrogens (tertiary/aromatic N) is 2. The lowest BCUT2D eigenvalue weighted by Gasteiger charge is -2.36. The van der Waals surface area contributed by atoms with Gasteiger partial charge in [0.1, 0.15) is 11.5 Å². The molecule has 0 saturated carbocycles. The molecule has 2 heterocycles. The molecular weight excluding hydrogens is 510 g/mol. The van der Waals surface area contributed by atoms with Crippen LogP contribution in [0, 0.1) is 0 Å². The number of fused-ring (bicyclic) bond motifs is 1. The van der Waals surface area contributed by atoms with Crippen molar-refractivity contribution in [3.63, 3.8) is 0 Å². The number of halogens is 2. The Morgan fingerprint density at radius 3 is 2.67 bits per heavy atom. The van der Waals surface area contributed by atoms with Crippen LogP contribution >= 0.6 is 31.9 Å². The second-order valence-electron chi connectivity index (χ2n) is 7.99. The van der Waals surface area contributed by atoms with E-state index in [2.05, 4.69) is 65.2 Å². The van der Waals surface area contributed by atoms with Crippen LogP contribution < -0.4 is 15.0 Å². The van der Waals surface area contributed by atoms with E-state index >= 15 is 0 Å². The van der Waals surface area contributed by atoms with Gasteiger partial charge in [-0.15, -0.1) is 0 Å². The van der Waals surface area contributed by atoms with E-state index in [1.54, 1.807) is 6.07 Å². The minimum absolute atomic E-state index is 0.245. The first-order valence-corrected chi connectivity index (χ1v) is 12.3. The van der Waals surface area contributed by atoms with Gasteiger partial charge in [-0.3, -0.25) is 4.90 Å². The average Bonchev–Trinajstić information content (AvgIpc) is 2.77. The Bertz CT molecular complexity index is 870. The Hall–Kier alpha value is -1.44. The van der Waals surface area contributed by atoms with Gasteiger partial charge in [-0.2, -0.15) is 0 Å². The summed E-state index contributed by atoms with van der Waals surface area (Å²) >= 11 is 6.86. The summed E-state index contributed by atoms with van der Waals surface area (Å²) in [5, 5.41) is 13.1. The van der Waals surface area contributed by atoms with Crippen LogP contribution in [0.5, 0.6) is 11.5 Å². The van der Waals surface area contributed by atoms with Crippen molar-refractivity contribution in [2.45, 2.75) is 25.7 Å². The Morgan fingerprint density at radius 2 is 1.83 bits per heavy atom. The number of phenols is 1. The molecule has 162 valence electrons. The molecule has 5 nitrogen and oxygen atoms in total. The van der Waals surface area contributed by atoms with Crippen molar-refractivity contribution in [2.24, 2.45) is 0 Å². The zero-order valence-corrected chi connectivity index (χ0v) is 20.3. The number of unbranched alkanes of at least 4 members (excludes halogenated alkanes) is 1. The Kier molecular flexibility index (Phi) is 7.44. The number of aryl methyl sites for hydroxylation is 1. The second kappa shape index (κ2) is 10.2. The number of anilines is 2. The number of benzene rings is 2. The van der Waals surface area contributed by atoms with Crippen molar-refractivity contribution in [1.29, 1.82) is 0 Å². The molecule has 2 aliphatic heterocycles. The molecule has 0 unspecified atom stereocenters. The van der Waals surface area contributed by atoms with E-state index in [-0.39, 0.29) is 5.75 Å². The van der Waals surface area contributed by atoms with Gasteiger partial charge in [0.2, 0.25) is 0 Å². The van der Waals surface area contributed by atoms with Gasteiger partial charge in [-0.25, -0.2) is 0 Å². The molecule has 1 fully saturated rings. The smallest absolute Gasteiger partial charge is 0.131 e. The molecule has 30 heavy (non-hydrogen) atoms. The highest BCUT2D eigenvalue weighted by Crippen LogP contribution is 2.34. The fraction of sp³-hybridized carbons (Fsp3) is 0.478. The lowest BCUT2D eigenvalue weighted by atomic mass is 10.1. The maximum Gasteiger partial charge on any atom is 0.131 e. The predicted molar refractivity (Wildman–Crippen MR) is 130 cm³/mol. The van der Waals surface area contributed by atoms with E-state index < -0.39 is 0 Å². The summed E-state index contributed by atoms with van der Waals surface area (Å²) in [6.07, 6.45) is 4.56. The third-order valence-electron chi connectivity index (χ3n) is 5.89. The number of hydrogen-bond acceptors (Lipinski definition) is 5. The summed E-state index contributed by atoms with van der Waals surface area (Å²) in [4.78, 5) is 5.05. The molecule has 0 spiro atoms. The van der Waals surface area contributed by atoms with Crippen LogP contribution in [-0.4, -0.2) is 55.9 Å². The minimum atomic E-state index is 0.245. The van der Waals surface area contributed by atoms with Crippen LogP contribution in [0.1, 0.15) is 24.8 Å². The second-order valence-corrected chi connectivity index (χ2v) is 9.70. The lowest BCUT2D eigenvalue weighted by Crippen LogP contribution is -2.46. The molecule has 4 rings (SSSR count). The quantitative estimate of drug-likeness (QED) is 0.372. The van der Waals surface area contributed by atoms with E-state index in [1.165, 1.54) is 17.7 Å². The molecule has 2 N–H and O–H groups in total. The molecule has 0 atom stereocenters. The average molecular weight is 539 g/mol. The van der Waals surface area contributed by atoms with Gasteiger partial charge in [0, 0.05) is 54.6 Å². The van der Waals surface area contributed by atoms with Crippen LogP contribution in [0.25, 0.3) is 0 Å². The van der Waals surface area contributed by atoms with Gasteiger partial charge in [0.15, 0.2) is 0 Å². The predicted octanol–water partition coefficient (Wildman–Crippen LogP) is 5.26. The summed E-state index contributed by atoms with van der Waals surface area (Å²) in [5.74, 6) is 1.33. The number of phenolic OH excluding ortho intramolecular Hbond substituents is 1. The van der Waals surface area contributed by atoms with Crippen molar-refractivity contribution in [3.8, 4) is 11.5 Å². The highest BCUT2D eigenvalue weighted by molar-refractivity contribution is 9.11. The Labute approximate surface area is 195 Å². The van der Waals surface area contributed by atoms with Crippen molar-refractivity contribution in [3.05, 3.63) is 44.8 Å². The van der Waals surface area contributed by atoms with Crippen LogP contribution in [0.2, 0.25) is 0 Å². The third-order valence-corrected chi connectivity index (χ3v) is 7.18. The summed E-state index contributed by atoms with van der Waals surface area (Å²) in [5.41, 5.74) is 3.65. The van der Waals surface area contributed by atoms with Crippen LogP contribution in [0.3, 0.4) is 0 Å². The standard InChI is InChI=1S/C23H29Br2N3O2/c24-19-16-22(29)20(25)15-21(19)26-7-1-2-8-27-9-11-28(12-10-27)18-6-5-17-4-3-13-30-23(17)14-18/h5-6,14-16,26,29H,1-4,7-13H2. The Balaban J connectivity index is 1.16. The number of rotatable bonds is 7. The molecule has 0 aliphatic carbocycles. The lowest BCUT2D eigenvalue weighted by molar-refractivity contribution is 0.253. The normalized spacial score (nSPS) is 16.8. The topological polar surface area (TPSA) is 48.0 Å². The number of nitrogens with one attached hydrogen (secondary N) is 1. The first-order chi connectivity index (χ1) is 14.6. The fourth-order valence-corrected chi connectivity index (χ4v) is 4.93. The minimum Gasteiger partial charge on any atom is -0.507 e. The number of piperazine rings is 1. The maximum absolute atomic E-state index is 9.70. The summed E-state index contributed by atoms with van der Waals surface area (Å²) in [6.45, 7) is 7.29. The zero-order valence-electron chi connectivity index (χ0n) is 17.2. The van der Waals surface area contributed by atoms with Crippen LogP contribution in [-0.2, 0) is 6.42 Å². The molecule has 1 saturated heterocycles. The molecule has 0 radical (unpaired) electrons.